The fraction of sp³-hybridized carbons (Fsp3) is 0.444. The number of carbonyl (C=O) groups excluding carboxylic acids is 1. The normalized spacial score (nSPS) is 17.8. The molecule has 2 heterocycles. The van der Waals surface area contributed by atoms with Crippen molar-refractivity contribution in [1.29, 1.82) is 0 Å². The number of carbonyl (C=O) groups is 1. The zero-order valence-electron chi connectivity index (χ0n) is 13.9. The summed E-state index contributed by atoms with van der Waals surface area (Å²) < 4.78 is 0. The zero-order chi connectivity index (χ0) is 16.9. The Morgan fingerprint density at radius 1 is 1.50 bits per heavy atom. The van der Waals surface area contributed by atoms with Gasteiger partial charge in [0.25, 0.3) is 5.91 Å². The van der Waals surface area contributed by atoms with Gasteiger partial charge >= 0.3 is 0 Å². The Morgan fingerprint density at radius 3 is 3.12 bits per heavy atom. The molecule has 1 aliphatic heterocycles. The van der Waals surface area contributed by atoms with Crippen LogP contribution in [-0.4, -0.2) is 40.6 Å². The van der Waals surface area contributed by atoms with Crippen LogP contribution in [0.2, 0.25) is 0 Å². The first-order valence-corrected chi connectivity index (χ1v) is 9.18. The molecule has 1 aliphatic rings. The maximum atomic E-state index is 12.7. The topological polar surface area (TPSA) is 65.5 Å². The van der Waals surface area contributed by atoms with Crippen LogP contribution in [0.25, 0.3) is 0 Å². The van der Waals surface area contributed by atoms with E-state index < -0.39 is 0 Å². The highest BCUT2D eigenvalue weighted by Gasteiger charge is 2.24. The van der Waals surface area contributed by atoms with Gasteiger partial charge in [0.05, 0.1) is 17.7 Å². The number of nitrogens with zero attached hydrogens (tertiary/aromatic N) is 2. The van der Waals surface area contributed by atoms with Crippen LogP contribution in [-0.2, 0) is 6.54 Å². The summed E-state index contributed by atoms with van der Waals surface area (Å²) in [5, 5.41) is 12.7. The molecule has 0 saturated carbocycles. The number of likely N-dealkylation sites (tertiary alicyclic amines) is 1. The minimum atomic E-state index is 0.0470. The van der Waals surface area contributed by atoms with Gasteiger partial charge < -0.3 is 15.3 Å². The number of amides is 1. The van der Waals surface area contributed by atoms with Crippen LogP contribution in [0.3, 0.4) is 0 Å². The monoisotopic (exact) mass is 345 g/mol. The van der Waals surface area contributed by atoms with Crippen LogP contribution in [0.4, 0.5) is 5.69 Å². The van der Waals surface area contributed by atoms with E-state index in [0.29, 0.717) is 18.7 Å². The first-order chi connectivity index (χ1) is 11.7. The van der Waals surface area contributed by atoms with Gasteiger partial charge in [0.1, 0.15) is 0 Å². The van der Waals surface area contributed by atoms with E-state index in [9.17, 15) is 9.90 Å². The Kier molecular flexibility index (Phi) is 5.48. The van der Waals surface area contributed by atoms with Crippen LogP contribution in [0.1, 0.15) is 33.8 Å². The van der Waals surface area contributed by atoms with E-state index in [1.165, 1.54) is 4.88 Å². The highest BCUT2D eigenvalue weighted by Crippen LogP contribution is 2.20. The standard InChI is InChI=1S/C18H23N3O2S/c1-13-17(24-12-20-13)9-19-16-6-2-5-15(8-16)18(23)21-7-3-4-14(10-21)11-22/h2,5-6,8,12,14,19,22H,3-4,7,9-11H2,1H3/t14-/m0/s1. The number of hydrogen-bond donors (Lipinski definition) is 2. The predicted molar refractivity (Wildman–Crippen MR) is 96.3 cm³/mol. The highest BCUT2D eigenvalue weighted by atomic mass is 32.1. The Labute approximate surface area is 146 Å². The summed E-state index contributed by atoms with van der Waals surface area (Å²) in [4.78, 5) is 20.0. The maximum Gasteiger partial charge on any atom is 0.253 e. The number of hydrogen-bond acceptors (Lipinski definition) is 5. The second-order valence-electron chi connectivity index (χ2n) is 6.24. The van der Waals surface area contributed by atoms with Crippen LogP contribution < -0.4 is 5.32 Å². The van der Waals surface area contributed by atoms with Crippen molar-refractivity contribution in [3.63, 3.8) is 0 Å². The zero-order valence-corrected chi connectivity index (χ0v) is 14.7. The number of rotatable bonds is 5. The molecule has 6 heteroatoms. The Hall–Kier alpha value is -1.92. The summed E-state index contributed by atoms with van der Waals surface area (Å²) in [5.74, 6) is 0.254. The minimum absolute atomic E-state index is 0.0470. The first-order valence-electron chi connectivity index (χ1n) is 8.30. The summed E-state index contributed by atoms with van der Waals surface area (Å²) in [6.07, 6.45) is 1.95. The quantitative estimate of drug-likeness (QED) is 0.874. The van der Waals surface area contributed by atoms with Crippen LogP contribution in [0.15, 0.2) is 29.8 Å². The SMILES string of the molecule is Cc1ncsc1CNc1cccc(C(=O)N2CCC[C@H](CO)C2)c1. The molecule has 3 rings (SSSR count). The molecule has 1 aromatic heterocycles. The van der Waals surface area contributed by atoms with Crippen molar-refractivity contribution in [2.24, 2.45) is 5.92 Å². The third kappa shape index (κ3) is 3.94. The van der Waals surface area contributed by atoms with Crippen LogP contribution in [0, 0.1) is 12.8 Å². The van der Waals surface area contributed by atoms with Gasteiger partial charge in [-0.1, -0.05) is 6.07 Å². The summed E-state index contributed by atoms with van der Waals surface area (Å²) in [6, 6.07) is 7.64. The lowest BCUT2D eigenvalue weighted by molar-refractivity contribution is 0.0621. The lowest BCUT2D eigenvalue weighted by Gasteiger charge is -2.32. The number of aromatic nitrogens is 1. The molecule has 2 N–H and O–H groups in total. The second kappa shape index (κ2) is 7.77. The first kappa shape index (κ1) is 16.9. The van der Waals surface area contributed by atoms with Gasteiger partial charge in [-0.05, 0) is 43.9 Å². The van der Waals surface area contributed by atoms with Crippen molar-refractivity contribution < 1.29 is 9.90 Å². The van der Waals surface area contributed by atoms with Crippen molar-refractivity contribution in [2.45, 2.75) is 26.3 Å². The molecule has 1 fully saturated rings. The molecular weight excluding hydrogens is 322 g/mol. The molecule has 1 amide bonds. The Morgan fingerprint density at radius 2 is 2.38 bits per heavy atom. The Bertz CT molecular complexity index is 701. The molecule has 0 radical (unpaired) electrons. The van der Waals surface area contributed by atoms with Crippen molar-refractivity contribution in [3.8, 4) is 0 Å². The largest absolute Gasteiger partial charge is 0.396 e. The van der Waals surface area contributed by atoms with E-state index in [0.717, 1.165) is 30.8 Å². The number of aliphatic hydroxyl groups is 1. The molecule has 1 atom stereocenters. The smallest absolute Gasteiger partial charge is 0.253 e. The van der Waals surface area contributed by atoms with Crippen molar-refractivity contribution in [2.75, 3.05) is 25.0 Å². The van der Waals surface area contributed by atoms with Crippen LogP contribution >= 0.6 is 11.3 Å². The summed E-state index contributed by atoms with van der Waals surface area (Å²) in [7, 11) is 0. The third-order valence-electron chi connectivity index (χ3n) is 4.47. The molecule has 0 bridgehead atoms. The number of nitrogens with one attached hydrogen (secondary N) is 1. The van der Waals surface area contributed by atoms with Gasteiger partial charge in [0.15, 0.2) is 0 Å². The number of aliphatic hydroxyl groups excluding tert-OH is 1. The molecule has 128 valence electrons. The van der Waals surface area contributed by atoms with Gasteiger partial charge in [-0.2, -0.15) is 0 Å². The number of anilines is 1. The number of piperidine rings is 1. The van der Waals surface area contributed by atoms with Crippen molar-refractivity contribution >= 4 is 22.9 Å². The molecule has 0 spiro atoms. The molecule has 1 aromatic carbocycles. The average Bonchev–Trinajstić information content (AvgIpc) is 3.04. The van der Waals surface area contributed by atoms with Crippen LogP contribution in [0.5, 0.6) is 0 Å². The van der Waals surface area contributed by atoms with E-state index in [4.69, 9.17) is 0 Å². The molecule has 5 nitrogen and oxygen atoms in total. The molecule has 0 aliphatic carbocycles. The molecule has 0 unspecified atom stereocenters. The minimum Gasteiger partial charge on any atom is -0.396 e. The number of aryl methyl sites for hydroxylation is 1. The fourth-order valence-electron chi connectivity index (χ4n) is 3.02. The molecule has 24 heavy (non-hydrogen) atoms. The fourth-order valence-corrected chi connectivity index (χ4v) is 3.74. The summed E-state index contributed by atoms with van der Waals surface area (Å²) in [6.45, 7) is 4.28. The number of benzene rings is 1. The highest BCUT2D eigenvalue weighted by molar-refractivity contribution is 7.09. The summed E-state index contributed by atoms with van der Waals surface area (Å²) >= 11 is 1.63. The van der Waals surface area contributed by atoms with E-state index >= 15 is 0 Å². The predicted octanol–water partition coefficient (Wildman–Crippen LogP) is 2.91. The summed E-state index contributed by atoms with van der Waals surface area (Å²) in [5.41, 5.74) is 4.52. The third-order valence-corrected chi connectivity index (χ3v) is 5.41. The number of thiazole rings is 1. The van der Waals surface area contributed by atoms with E-state index in [1.54, 1.807) is 11.3 Å². The van der Waals surface area contributed by atoms with Gasteiger partial charge in [0, 0.05) is 35.8 Å². The van der Waals surface area contributed by atoms with Gasteiger partial charge in [-0.25, -0.2) is 4.98 Å². The van der Waals surface area contributed by atoms with E-state index in [-0.39, 0.29) is 18.4 Å². The average molecular weight is 345 g/mol. The van der Waals surface area contributed by atoms with Crippen molar-refractivity contribution in [1.82, 2.24) is 9.88 Å². The lowest BCUT2D eigenvalue weighted by Crippen LogP contribution is -2.40. The second-order valence-corrected chi connectivity index (χ2v) is 7.18. The Balaban J connectivity index is 1.66. The molecular formula is C18H23N3O2S. The van der Waals surface area contributed by atoms with Gasteiger partial charge in [0.2, 0.25) is 0 Å². The van der Waals surface area contributed by atoms with Gasteiger partial charge in [-0.15, -0.1) is 11.3 Å². The van der Waals surface area contributed by atoms with Crippen molar-refractivity contribution in [3.05, 3.63) is 45.9 Å². The van der Waals surface area contributed by atoms with E-state index in [1.807, 2.05) is 41.6 Å². The van der Waals surface area contributed by atoms with E-state index in [2.05, 4.69) is 10.3 Å². The molecule has 2 aromatic rings. The van der Waals surface area contributed by atoms with Gasteiger partial charge in [-0.3, -0.25) is 4.79 Å². The maximum absolute atomic E-state index is 12.7. The molecule has 1 saturated heterocycles. The lowest BCUT2D eigenvalue weighted by atomic mass is 9.98.